The first-order valence-electron chi connectivity index (χ1n) is 5.10. The molecule has 0 fully saturated rings. The van der Waals surface area contributed by atoms with Crippen LogP contribution in [-0.2, 0) is 20.4 Å². The van der Waals surface area contributed by atoms with Crippen molar-refractivity contribution in [3.05, 3.63) is 0 Å². The van der Waals surface area contributed by atoms with Gasteiger partial charge in [-0.15, -0.1) is 0 Å². The van der Waals surface area contributed by atoms with E-state index < -0.39 is 28.6 Å². The summed E-state index contributed by atoms with van der Waals surface area (Å²) in [4.78, 5) is 22.2. The number of hydrogen-bond acceptors (Lipinski definition) is 3. The van der Waals surface area contributed by atoms with Crippen LogP contribution in [0.15, 0.2) is 0 Å². The summed E-state index contributed by atoms with van der Waals surface area (Å²) in [5.41, 5.74) is 0. The summed E-state index contributed by atoms with van der Waals surface area (Å²) in [5, 5.41) is 11.2. The van der Waals surface area contributed by atoms with Gasteiger partial charge in [-0.25, -0.2) is 0 Å². The molecule has 0 aliphatic rings. The largest absolute Gasteiger partial charge is 0.481 e. The Bertz CT molecular complexity index is 293. The van der Waals surface area contributed by atoms with Gasteiger partial charge >= 0.3 is 5.97 Å². The molecule has 6 heteroatoms. The van der Waals surface area contributed by atoms with Crippen LogP contribution >= 0.6 is 0 Å². The molecule has 16 heavy (non-hydrogen) atoms. The zero-order valence-electron chi connectivity index (χ0n) is 10.0. The first-order valence-corrected chi connectivity index (χ1v) is 6.72. The smallest absolute Gasteiger partial charge is 0.307 e. The van der Waals surface area contributed by atoms with E-state index >= 15 is 0 Å². The predicted molar refractivity (Wildman–Crippen MR) is 62.5 cm³/mol. The Labute approximate surface area is 98.1 Å². The monoisotopic (exact) mass is 249 g/mol. The molecule has 0 aromatic rings. The number of carboxylic acid groups (broad SMARTS) is 1. The molecule has 2 N–H and O–H groups in total. The van der Waals surface area contributed by atoms with Crippen LogP contribution in [0.1, 0.15) is 20.8 Å². The highest BCUT2D eigenvalue weighted by molar-refractivity contribution is 7.84. The van der Waals surface area contributed by atoms with E-state index in [9.17, 15) is 13.8 Å². The van der Waals surface area contributed by atoms with Gasteiger partial charge in [-0.1, -0.05) is 13.8 Å². The summed E-state index contributed by atoms with van der Waals surface area (Å²) >= 11 is 0. The van der Waals surface area contributed by atoms with Gasteiger partial charge in [0.25, 0.3) is 0 Å². The molecular weight excluding hydrogens is 230 g/mol. The van der Waals surface area contributed by atoms with Crippen LogP contribution in [0.4, 0.5) is 0 Å². The summed E-state index contributed by atoms with van der Waals surface area (Å²) < 4.78 is 11.0. The fourth-order valence-corrected chi connectivity index (χ4v) is 1.28. The van der Waals surface area contributed by atoms with Gasteiger partial charge in [0.1, 0.15) is 0 Å². The first-order chi connectivity index (χ1) is 7.27. The minimum absolute atomic E-state index is 0.128. The van der Waals surface area contributed by atoms with Gasteiger partial charge in [0, 0.05) is 34.8 Å². The fourth-order valence-electron chi connectivity index (χ4n) is 0.964. The Balaban J connectivity index is 4.16. The second kappa shape index (κ2) is 6.62. The lowest BCUT2D eigenvalue weighted by Gasteiger charge is -2.17. The summed E-state index contributed by atoms with van der Waals surface area (Å²) in [7, 11) is -0.991. The van der Waals surface area contributed by atoms with Crippen molar-refractivity contribution in [2.75, 3.05) is 12.8 Å². The molecule has 5 nitrogen and oxygen atoms in total. The van der Waals surface area contributed by atoms with E-state index in [0.717, 1.165) is 0 Å². The normalized spacial score (nSPS) is 18.2. The SMILES string of the molecule is CC(C(=O)O)C(C)C(=O)NCC(C)S(C)=O. The summed E-state index contributed by atoms with van der Waals surface area (Å²) in [6.07, 6.45) is 1.57. The molecule has 0 rings (SSSR count). The van der Waals surface area contributed by atoms with Gasteiger partial charge < -0.3 is 10.4 Å². The van der Waals surface area contributed by atoms with Crippen molar-refractivity contribution in [1.29, 1.82) is 0 Å². The van der Waals surface area contributed by atoms with Crippen LogP contribution in [0.5, 0.6) is 0 Å². The number of aliphatic carboxylic acids is 1. The van der Waals surface area contributed by atoms with E-state index in [4.69, 9.17) is 5.11 Å². The number of carboxylic acids is 1. The molecule has 4 atom stereocenters. The molecule has 94 valence electrons. The van der Waals surface area contributed by atoms with Crippen molar-refractivity contribution in [2.45, 2.75) is 26.0 Å². The van der Waals surface area contributed by atoms with E-state index in [0.29, 0.717) is 6.54 Å². The van der Waals surface area contributed by atoms with Gasteiger partial charge in [0.2, 0.25) is 5.91 Å². The summed E-state index contributed by atoms with van der Waals surface area (Å²) in [6.45, 7) is 5.13. The van der Waals surface area contributed by atoms with Crippen molar-refractivity contribution in [3.63, 3.8) is 0 Å². The molecular formula is C10H19NO4S. The van der Waals surface area contributed by atoms with Crippen molar-refractivity contribution < 1.29 is 18.9 Å². The second-order valence-electron chi connectivity index (χ2n) is 3.97. The molecule has 0 radical (unpaired) electrons. The molecule has 0 heterocycles. The first kappa shape index (κ1) is 15.1. The van der Waals surface area contributed by atoms with Crippen LogP contribution in [-0.4, -0.2) is 39.2 Å². The zero-order valence-corrected chi connectivity index (χ0v) is 10.8. The lowest BCUT2D eigenvalue weighted by atomic mass is 9.95. The minimum Gasteiger partial charge on any atom is -0.481 e. The number of rotatable bonds is 6. The lowest BCUT2D eigenvalue weighted by Crippen LogP contribution is -2.39. The molecule has 0 aromatic heterocycles. The summed E-state index contributed by atoms with van der Waals surface area (Å²) in [5.74, 6) is -2.61. The van der Waals surface area contributed by atoms with Crippen molar-refractivity contribution in [2.24, 2.45) is 11.8 Å². The summed E-state index contributed by atoms with van der Waals surface area (Å²) in [6, 6.07) is 0. The van der Waals surface area contributed by atoms with Gasteiger partial charge in [0.05, 0.1) is 5.92 Å². The van der Waals surface area contributed by atoms with E-state index in [1.807, 2.05) is 0 Å². The minimum atomic E-state index is -0.991. The molecule has 0 aliphatic carbocycles. The molecule has 4 unspecified atom stereocenters. The molecule has 0 saturated carbocycles. The number of nitrogens with one attached hydrogen (secondary N) is 1. The topological polar surface area (TPSA) is 83.5 Å². The second-order valence-corrected chi connectivity index (χ2v) is 5.77. The van der Waals surface area contributed by atoms with Gasteiger partial charge in [0.15, 0.2) is 0 Å². The molecule has 0 aliphatic heterocycles. The van der Waals surface area contributed by atoms with Gasteiger partial charge in [-0.2, -0.15) is 0 Å². The van der Waals surface area contributed by atoms with E-state index in [1.165, 1.54) is 6.92 Å². The van der Waals surface area contributed by atoms with Crippen LogP contribution in [0.2, 0.25) is 0 Å². The van der Waals surface area contributed by atoms with E-state index in [-0.39, 0.29) is 11.2 Å². The standard InChI is InChI=1S/C10H19NO4S/c1-6(16(4)15)5-11-9(12)7(2)8(3)10(13)14/h6-8H,5H2,1-4H3,(H,11,12)(H,13,14). The molecule has 1 amide bonds. The number of amides is 1. The Morgan fingerprint density at radius 2 is 1.75 bits per heavy atom. The fraction of sp³-hybridized carbons (Fsp3) is 0.800. The van der Waals surface area contributed by atoms with Crippen LogP contribution < -0.4 is 5.32 Å². The highest BCUT2D eigenvalue weighted by Gasteiger charge is 2.25. The molecule has 0 aromatic carbocycles. The van der Waals surface area contributed by atoms with E-state index in [2.05, 4.69) is 5.32 Å². The third-order valence-corrected chi connectivity index (χ3v) is 3.98. The predicted octanol–water partition coefficient (Wildman–Crippen LogP) is 0.226. The average Bonchev–Trinajstić information content (AvgIpc) is 2.22. The third-order valence-electron chi connectivity index (χ3n) is 2.68. The highest BCUT2D eigenvalue weighted by atomic mass is 32.2. The zero-order chi connectivity index (χ0) is 12.9. The maximum Gasteiger partial charge on any atom is 0.307 e. The maximum absolute atomic E-state index is 11.5. The van der Waals surface area contributed by atoms with Gasteiger partial charge in [-0.05, 0) is 6.92 Å². The maximum atomic E-state index is 11.5. The molecule has 0 spiro atoms. The Hall–Kier alpha value is -0.910. The number of hydrogen-bond donors (Lipinski definition) is 2. The average molecular weight is 249 g/mol. The van der Waals surface area contributed by atoms with Crippen LogP contribution in [0, 0.1) is 11.8 Å². The molecule has 0 bridgehead atoms. The Kier molecular flexibility index (Phi) is 6.25. The Morgan fingerprint density at radius 1 is 1.25 bits per heavy atom. The number of carbonyl (C=O) groups excluding carboxylic acids is 1. The lowest BCUT2D eigenvalue weighted by molar-refractivity contribution is -0.146. The van der Waals surface area contributed by atoms with Crippen molar-refractivity contribution >= 4 is 22.7 Å². The van der Waals surface area contributed by atoms with E-state index in [1.54, 1.807) is 20.1 Å². The van der Waals surface area contributed by atoms with Crippen molar-refractivity contribution in [1.82, 2.24) is 5.32 Å². The molecule has 0 saturated heterocycles. The van der Waals surface area contributed by atoms with Crippen LogP contribution in [0.3, 0.4) is 0 Å². The van der Waals surface area contributed by atoms with Crippen molar-refractivity contribution in [3.8, 4) is 0 Å². The third kappa shape index (κ3) is 4.74. The number of carbonyl (C=O) groups is 2. The quantitative estimate of drug-likeness (QED) is 0.705. The highest BCUT2D eigenvalue weighted by Crippen LogP contribution is 2.10. The van der Waals surface area contributed by atoms with Crippen LogP contribution in [0.25, 0.3) is 0 Å². The Morgan fingerprint density at radius 3 is 2.12 bits per heavy atom. The van der Waals surface area contributed by atoms with Gasteiger partial charge in [-0.3, -0.25) is 13.8 Å².